The molecule has 3 nitrogen and oxygen atoms in total. The highest BCUT2D eigenvalue weighted by atomic mass is 16.5. The van der Waals surface area contributed by atoms with Gasteiger partial charge in [0.1, 0.15) is 0 Å². The van der Waals surface area contributed by atoms with Gasteiger partial charge in [-0.15, -0.1) is 0 Å². The maximum Gasteiger partial charge on any atom is 0.0589 e. The van der Waals surface area contributed by atoms with E-state index in [-0.39, 0.29) is 0 Å². The quantitative estimate of drug-likeness (QED) is 0.604. The van der Waals surface area contributed by atoms with Crippen LogP contribution in [0.5, 0.6) is 0 Å². The molecular weight excluding hydrogens is 188 g/mol. The highest BCUT2D eigenvalue weighted by Gasteiger charge is 2.10. The van der Waals surface area contributed by atoms with Gasteiger partial charge in [0.15, 0.2) is 0 Å². The number of nitrogens with zero attached hydrogens (tertiary/aromatic N) is 1. The molecule has 0 aromatic heterocycles. The van der Waals surface area contributed by atoms with E-state index in [2.05, 4.69) is 18.7 Å². The van der Waals surface area contributed by atoms with Crippen molar-refractivity contribution in [3.05, 3.63) is 0 Å². The van der Waals surface area contributed by atoms with E-state index in [1.54, 1.807) is 7.11 Å². The zero-order chi connectivity index (χ0) is 11.5. The van der Waals surface area contributed by atoms with Crippen molar-refractivity contribution < 1.29 is 4.74 Å². The van der Waals surface area contributed by atoms with Crippen LogP contribution >= 0.6 is 0 Å². The SMILES string of the molecule is CCC(CC)CN(CCCN)CCOC. The molecular formula is C12H28N2O. The normalized spacial score (nSPS) is 11.6. The lowest BCUT2D eigenvalue weighted by Crippen LogP contribution is -2.34. The van der Waals surface area contributed by atoms with Gasteiger partial charge in [-0.05, 0) is 25.4 Å². The molecule has 0 aromatic carbocycles. The minimum atomic E-state index is 0.784. The maximum absolute atomic E-state index is 5.54. The minimum Gasteiger partial charge on any atom is -0.383 e. The summed E-state index contributed by atoms with van der Waals surface area (Å²) in [6.45, 7) is 9.48. The molecule has 0 atom stereocenters. The van der Waals surface area contributed by atoms with Crippen molar-refractivity contribution in [3.63, 3.8) is 0 Å². The Balaban J connectivity index is 3.86. The molecule has 0 spiro atoms. The first-order valence-corrected chi connectivity index (χ1v) is 6.19. The van der Waals surface area contributed by atoms with Crippen LogP contribution < -0.4 is 5.73 Å². The van der Waals surface area contributed by atoms with Gasteiger partial charge >= 0.3 is 0 Å². The monoisotopic (exact) mass is 216 g/mol. The Bertz CT molecular complexity index is 119. The Labute approximate surface area is 95.0 Å². The van der Waals surface area contributed by atoms with Crippen molar-refractivity contribution in [2.75, 3.05) is 39.9 Å². The summed E-state index contributed by atoms with van der Waals surface area (Å²) in [5.41, 5.74) is 5.54. The van der Waals surface area contributed by atoms with E-state index in [1.807, 2.05) is 0 Å². The summed E-state index contributed by atoms with van der Waals surface area (Å²) in [6.07, 6.45) is 3.62. The average Bonchev–Trinajstić information content (AvgIpc) is 2.28. The van der Waals surface area contributed by atoms with Gasteiger partial charge in [0.05, 0.1) is 6.61 Å². The van der Waals surface area contributed by atoms with Crippen LogP contribution in [0.3, 0.4) is 0 Å². The maximum atomic E-state index is 5.54. The van der Waals surface area contributed by atoms with Crippen LogP contribution in [0, 0.1) is 5.92 Å². The van der Waals surface area contributed by atoms with E-state index >= 15 is 0 Å². The number of methoxy groups -OCH3 is 1. The Morgan fingerprint density at radius 3 is 2.33 bits per heavy atom. The zero-order valence-corrected chi connectivity index (χ0v) is 10.7. The number of rotatable bonds is 10. The topological polar surface area (TPSA) is 38.5 Å². The standard InChI is InChI=1S/C12H28N2O/c1-4-12(5-2)11-14(8-6-7-13)9-10-15-3/h12H,4-11,13H2,1-3H3. The molecule has 0 unspecified atom stereocenters. The summed E-state index contributed by atoms with van der Waals surface area (Å²) in [5, 5.41) is 0. The Morgan fingerprint density at radius 1 is 1.20 bits per heavy atom. The van der Waals surface area contributed by atoms with Gasteiger partial charge in [-0.2, -0.15) is 0 Å². The lowest BCUT2D eigenvalue weighted by atomic mass is 10.0. The third-order valence-corrected chi connectivity index (χ3v) is 2.96. The van der Waals surface area contributed by atoms with Crippen LogP contribution in [0.15, 0.2) is 0 Å². The van der Waals surface area contributed by atoms with E-state index in [4.69, 9.17) is 10.5 Å². The van der Waals surface area contributed by atoms with Crippen molar-refractivity contribution in [3.8, 4) is 0 Å². The van der Waals surface area contributed by atoms with E-state index in [9.17, 15) is 0 Å². The molecule has 2 N–H and O–H groups in total. The van der Waals surface area contributed by atoms with Gasteiger partial charge in [0, 0.05) is 20.2 Å². The van der Waals surface area contributed by atoms with Crippen LogP contribution in [0.2, 0.25) is 0 Å². The van der Waals surface area contributed by atoms with Crippen LogP contribution in [0.25, 0.3) is 0 Å². The van der Waals surface area contributed by atoms with E-state index in [0.29, 0.717) is 0 Å². The molecule has 0 aliphatic rings. The molecule has 0 fully saturated rings. The van der Waals surface area contributed by atoms with E-state index in [1.165, 1.54) is 19.4 Å². The van der Waals surface area contributed by atoms with Crippen LogP contribution in [0.1, 0.15) is 33.1 Å². The van der Waals surface area contributed by atoms with Crippen molar-refractivity contribution in [1.29, 1.82) is 0 Å². The second-order valence-corrected chi connectivity index (χ2v) is 4.12. The minimum absolute atomic E-state index is 0.784. The Kier molecular flexibility index (Phi) is 10.3. The first-order valence-electron chi connectivity index (χ1n) is 6.19. The summed E-state index contributed by atoms with van der Waals surface area (Å²) in [4.78, 5) is 2.48. The second kappa shape index (κ2) is 10.4. The number of nitrogens with two attached hydrogens (primary N) is 1. The number of hydrogen-bond donors (Lipinski definition) is 1. The third kappa shape index (κ3) is 7.77. The second-order valence-electron chi connectivity index (χ2n) is 4.12. The Hall–Kier alpha value is -0.120. The van der Waals surface area contributed by atoms with Crippen molar-refractivity contribution in [1.82, 2.24) is 4.90 Å². The fraction of sp³-hybridized carbons (Fsp3) is 1.00. The Morgan fingerprint density at radius 2 is 1.87 bits per heavy atom. The van der Waals surface area contributed by atoms with Crippen LogP contribution in [-0.2, 0) is 4.74 Å². The summed E-state index contributed by atoms with van der Waals surface area (Å²) in [6, 6.07) is 0. The predicted octanol–water partition coefficient (Wildman–Crippen LogP) is 1.72. The van der Waals surface area contributed by atoms with Crippen molar-refractivity contribution in [2.24, 2.45) is 11.7 Å². The summed E-state index contributed by atoms with van der Waals surface area (Å²) < 4.78 is 5.13. The lowest BCUT2D eigenvalue weighted by Gasteiger charge is -2.26. The first-order chi connectivity index (χ1) is 7.28. The molecule has 0 bridgehead atoms. The van der Waals surface area contributed by atoms with Gasteiger partial charge < -0.3 is 15.4 Å². The van der Waals surface area contributed by atoms with E-state index < -0.39 is 0 Å². The van der Waals surface area contributed by atoms with Crippen molar-refractivity contribution in [2.45, 2.75) is 33.1 Å². The van der Waals surface area contributed by atoms with Gasteiger partial charge in [0.2, 0.25) is 0 Å². The first kappa shape index (κ1) is 14.9. The summed E-state index contributed by atoms with van der Waals surface area (Å²) >= 11 is 0. The highest BCUT2D eigenvalue weighted by molar-refractivity contribution is 4.64. The molecule has 0 rings (SSSR count). The highest BCUT2D eigenvalue weighted by Crippen LogP contribution is 2.09. The molecule has 92 valence electrons. The third-order valence-electron chi connectivity index (χ3n) is 2.96. The van der Waals surface area contributed by atoms with E-state index in [0.717, 1.165) is 38.6 Å². The van der Waals surface area contributed by atoms with Crippen LogP contribution in [-0.4, -0.2) is 44.8 Å². The summed E-state index contributed by atoms with van der Waals surface area (Å²) in [7, 11) is 1.76. The molecule has 0 heterocycles. The smallest absolute Gasteiger partial charge is 0.0589 e. The van der Waals surface area contributed by atoms with Crippen LogP contribution in [0.4, 0.5) is 0 Å². The summed E-state index contributed by atoms with van der Waals surface area (Å²) in [5.74, 6) is 0.819. The number of ether oxygens (including phenoxy) is 1. The molecule has 0 amide bonds. The fourth-order valence-corrected chi connectivity index (χ4v) is 1.74. The molecule has 0 radical (unpaired) electrons. The molecule has 15 heavy (non-hydrogen) atoms. The molecule has 0 aliphatic heterocycles. The van der Waals surface area contributed by atoms with Crippen molar-refractivity contribution >= 4 is 0 Å². The average molecular weight is 216 g/mol. The molecule has 0 saturated carbocycles. The molecule has 0 aromatic rings. The predicted molar refractivity (Wildman–Crippen MR) is 66.1 cm³/mol. The lowest BCUT2D eigenvalue weighted by molar-refractivity contribution is 0.134. The fourth-order valence-electron chi connectivity index (χ4n) is 1.74. The van der Waals surface area contributed by atoms with Gasteiger partial charge in [-0.3, -0.25) is 0 Å². The van der Waals surface area contributed by atoms with Gasteiger partial charge in [-0.1, -0.05) is 26.7 Å². The number of hydrogen-bond acceptors (Lipinski definition) is 3. The molecule has 3 heteroatoms. The molecule has 0 aliphatic carbocycles. The van der Waals surface area contributed by atoms with Gasteiger partial charge in [0.25, 0.3) is 0 Å². The largest absolute Gasteiger partial charge is 0.383 e. The van der Waals surface area contributed by atoms with Gasteiger partial charge in [-0.25, -0.2) is 0 Å². The zero-order valence-electron chi connectivity index (χ0n) is 10.7. The molecule has 0 saturated heterocycles.